The predicted octanol–water partition coefficient (Wildman–Crippen LogP) is 1.30. The number of aryl methyl sites for hydroxylation is 2. The number of rotatable bonds is 5. The third-order valence-corrected chi connectivity index (χ3v) is 7.92. The zero-order chi connectivity index (χ0) is 20.0. The normalized spacial score (nSPS) is 22.4. The Morgan fingerprint density at radius 3 is 2.45 bits per heavy atom. The van der Waals surface area contributed by atoms with Crippen molar-refractivity contribution in [1.29, 1.82) is 0 Å². The molecule has 2 unspecified atom stereocenters. The average molecular weight is 413 g/mol. The summed E-state index contributed by atoms with van der Waals surface area (Å²) in [7, 11) is -1.32. The Balaban J connectivity index is 1.26. The zero-order valence-corrected chi connectivity index (χ0v) is 17.2. The number of sulfonamides is 1. The molecule has 0 saturated carbocycles. The molecule has 2 aliphatic heterocycles. The molecule has 29 heavy (non-hydrogen) atoms. The lowest BCUT2D eigenvalue weighted by Gasteiger charge is -2.22. The van der Waals surface area contributed by atoms with Gasteiger partial charge in [-0.05, 0) is 23.8 Å². The van der Waals surface area contributed by atoms with E-state index in [9.17, 15) is 8.42 Å². The molecule has 3 aromatic rings. The minimum atomic E-state index is -3.24. The molecule has 2 aromatic heterocycles. The number of aromatic nitrogens is 4. The molecule has 0 spiro atoms. The topological polar surface area (TPSA) is 84.2 Å². The summed E-state index contributed by atoms with van der Waals surface area (Å²) in [5.41, 5.74) is 2.68. The van der Waals surface area contributed by atoms with Gasteiger partial charge in [-0.1, -0.05) is 30.3 Å². The van der Waals surface area contributed by atoms with E-state index in [4.69, 9.17) is 0 Å². The van der Waals surface area contributed by atoms with Crippen molar-refractivity contribution in [3.63, 3.8) is 0 Å². The van der Waals surface area contributed by atoms with Crippen LogP contribution >= 0.6 is 0 Å². The number of fused-ring (bicyclic) bond motifs is 2. The van der Waals surface area contributed by atoms with E-state index >= 15 is 0 Å². The van der Waals surface area contributed by atoms with Gasteiger partial charge < -0.3 is 9.47 Å². The minimum absolute atomic E-state index is 0.167. The maximum absolute atomic E-state index is 12.8. The molecule has 0 amide bonds. The highest BCUT2D eigenvalue weighted by molar-refractivity contribution is 7.89. The van der Waals surface area contributed by atoms with Crippen LogP contribution in [0, 0.1) is 11.8 Å². The Kier molecular flexibility index (Phi) is 4.51. The van der Waals surface area contributed by atoms with Gasteiger partial charge in [-0.15, -0.1) is 0 Å². The van der Waals surface area contributed by atoms with Gasteiger partial charge in [0.15, 0.2) is 17.0 Å². The summed E-state index contributed by atoms with van der Waals surface area (Å²) in [6.07, 6.45) is 3.88. The Hall–Kier alpha value is -2.52. The summed E-state index contributed by atoms with van der Waals surface area (Å²) in [5, 5.41) is 0. The van der Waals surface area contributed by atoms with Crippen molar-refractivity contribution in [2.24, 2.45) is 18.9 Å². The lowest BCUT2D eigenvalue weighted by molar-refractivity contribution is 0.453. The summed E-state index contributed by atoms with van der Waals surface area (Å²) < 4.78 is 29.3. The minimum Gasteiger partial charge on any atom is -0.354 e. The van der Waals surface area contributed by atoms with E-state index in [1.165, 1.54) is 0 Å². The average Bonchev–Trinajstić information content (AvgIpc) is 3.41. The van der Waals surface area contributed by atoms with E-state index in [0.29, 0.717) is 31.3 Å². The van der Waals surface area contributed by atoms with Crippen LogP contribution in [0.5, 0.6) is 0 Å². The van der Waals surface area contributed by atoms with Crippen molar-refractivity contribution in [3.05, 3.63) is 48.5 Å². The van der Waals surface area contributed by atoms with Gasteiger partial charge in [0.2, 0.25) is 10.0 Å². The molecule has 2 saturated heterocycles. The molecule has 1 aromatic carbocycles. The van der Waals surface area contributed by atoms with E-state index in [1.807, 2.05) is 41.9 Å². The van der Waals surface area contributed by atoms with Gasteiger partial charge in [0.1, 0.15) is 6.33 Å². The van der Waals surface area contributed by atoms with Crippen LogP contribution in [0.25, 0.3) is 11.2 Å². The molecule has 2 aliphatic rings. The van der Waals surface area contributed by atoms with E-state index in [-0.39, 0.29) is 5.75 Å². The maximum Gasteiger partial charge on any atom is 0.214 e. The van der Waals surface area contributed by atoms with E-state index in [1.54, 1.807) is 17.0 Å². The second-order valence-corrected chi connectivity index (χ2v) is 10.1. The van der Waals surface area contributed by atoms with Crippen LogP contribution in [0.3, 0.4) is 0 Å². The highest BCUT2D eigenvalue weighted by Gasteiger charge is 2.44. The summed E-state index contributed by atoms with van der Waals surface area (Å²) in [6.45, 7) is 2.79. The largest absolute Gasteiger partial charge is 0.354 e. The number of hydrogen-bond acceptors (Lipinski definition) is 6. The van der Waals surface area contributed by atoms with E-state index in [2.05, 4.69) is 19.9 Å². The van der Waals surface area contributed by atoms with Crippen molar-refractivity contribution < 1.29 is 8.42 Å². The van der Waals surface area contributed by atoms with Gasteiger partial charge >= 0.3 is 0 Å². The molecule has 0 radical (unpaired) electrons. The second-order valence-electron chi connectivity index (χ2n) is 8.02. The van der Waals surface area contributed by atoms with Crippen LogP contribution in [0.2, 0.25) is 0 Å². The van der Waals surface area contributed by atoms with Crippen LogP contribution < -0.4 is 4.90 Å². The Bertz CT molecular complexity index is 1120. The molecular weight excluding hydrogens is 388 g/mol. The monoisotopic (exact) mass is 412 g/mol. The molecule has 0 bridgehead atoms. The summed E-state index contributed by atoms with van der Waals surface area (Å²) in [6, 6.07) is 9.80. The van der Waals surface area contributed by atoms with Crippen LogP contribution in [-0.4, -0.2) is 64.2 Å². The van der Waals surface area contributed by atoms with Gasteiger partial charge in [0.25, 0.3) is 0 Å². The lowest BCUT2D eigenvalue weighted by Crippen LogP contribution is -2.35. The lowest BCUT2D eigenvalue weighted by atomic mass is 10.0. The fourth-order valence-electron chi connectivity index (χ4n) is 4.54. The molecule has 5 rings (SSSR count). The van der Waals surface area contributed by atoms with E-state index < -0.39 is 10.0 Å². The van der Waals surface area contributed by atoms with Gasteiger partial charge in [0, 0.05) is 33.2 Å². The molecular formula is C20H24N6O2S. The number of imidazole rings is 1. The van der Waals surface area contributed by atoms with Crippen LogP contribution in [0.4, 0.5) is 5.82 Å². The van der Waals surface area contributed by atoms with E-state index in [0.717, 1.165) is 35.6 Å². The van der Waals surface area contributed by atoms with Crippen molar-refractivity contribution in [1.82, 2.24) is 23.8 Å². The zero-order valence-electron chi connectivity index (χ0n) is 16.3. The maximum atomic E-state index is 12.8. The highest BCUT2D eigenvalue weighted by atomic mass is 32.2. The number of anilines is 1. The SMILES string of the molecule is Cn1cnc2c(N3CC4CN(S(=O)(=O)CCc5ccccc5)CC4C3)ncnc21. The van der Waals surface area contributed by atoms with Crippen LogP contribution in [0.15, 0.2) is 43.0 Å². The highest BCUT2D eigenvalue weighted by Crippen LogP contribution is 2.36. The van der Waals surface area contributed by atoms with Gasteiger partial charge in [-0.3, -0.25) is 0 Å². The van der Waals surface area contributed by atoms with Crippen LogP contribution in [0.1, 0.15) is 5.56 Å². The molecule has 0 N–H and O–H groups in total. The first-order valence-electron chi connectivity index (χ1n) is 9.90. The molecule has 152 valence electrons. The Morgan fingerprint density at radius 1 is 1.00 bits per heavy atom. The number of hydrogen-bond donors (Lipinski definition) is 0. The first-order chi connectivity index (χ1) is 14.0. The third-order valence-electron chi connectivity index (χ3n) is 6.11. The molecule has 2 atom stereocenters. The van der Waals surface area contributed by atoms with Gasteiger partial charge in [-0.25, -0.2) is 27.7 Å². The number of nitrogens with zero attached hydrogens (tertiary/aromatic N) is 6. The molecule has 0 aliphatic carbocycles. The predicted molar refractivity (Wildman–Crippen MR) is 111 cm³/mol. The third kappa shape index (κ3) is 3.38. The Labute approximate surface area is 170 Å². The van der Waals surface area contributed by atoms with Crippen molar-refractivity contribution in [2.75, 3.05) is 36.8 Å². The molecule has 9 heteroatoms. The van der Waals surface area contributed by atoms with Gasteiger partial charge in [-0.2, -0.15) is 0 Å². The van der Waals surface area contributed by atoms with Crippen molar-refractivity contribution in [3.8, 4) is 0 Å². The first kappa shape index (κ1) is 18.5. The molecule has 8 nitrogen and oxygen atoms in total. The van der Waals surface area contributed by atoms with Gasteiger partial charge in [0.05, 0.1) is 12.1 Å². The fraction of sp³-hybridized carbons (Fsp3) is 0.450. The second kappa shape index (κ2) is 7.07. The first-order valence-corrected chi connectivity index (χ1v) is 11.5. The summed E-state index contributed by atoms with van der Waals surface area (Å²) in [5.74, 6) is 1.68. The summed E-state index contributed by atoms with van der Waals surface area (Å²) >= 11 is 0. The quantitative estimate of drug-likeness (QED) is 0.628. The Morgan fingerprint density at radius 2 is 1.72 bits per heavy atom. The van der Waals surface area contributed by atoms with Crippen LogP contribution in [-0.2, 0) is 23.5 Å². The smallest absolute Gasteiger partial charge is 0.214 e. The molecule has 4 heterocycles. The standard InChI is InChI=1S/C20H24N6O2S/c1-24-14-23-18-19(24)21-13-22-20(18)25-9-16-11-26(12-17(16)10-25)29(27,28)8-7-15-5-3-2-4-6-15/h2-6,13-14,16-17H,7-12H2,1H3. The fourth-order valence-corrected chi connectivity index (χ4v) is 6.12. The number of benzene rings is 1. The van der Waals surface area contributed by atoms with Crippen molar-refractivity contribution in [2.45, 2.75) is 6.42 Å². The van der Waals surface area contributed by atoms with Crippen molar-refractivity contribution >= 4 is 27.0 Å². The molecule has 2 fully saturated rings. The summed E-state index contributed by atoms with van der Waals surface area (Å²) in [4.78, 5) is 15.5.